The molecule has 208 valence electrons. The molecule has 9 heteroatoms. The number of nitrogens with zero attached hydrogens (tertiary/aromatic N) is 6. The number of hydrogen-bond acceptors (Lipinski definition) is 8. The highest BCUT2D eigenvalue weighted by Crippen LogP contribution is 2.30. The molecule has 0 unspecified atom stereocenters. The lowest BCUT2D eigenvalue weighted by atomic mass is 10.0. The Morgan fingerprint density at radius 2 is 2.03 bits per heavy atom. The number of methoxy groups -OCH3 is 1. The molecule has 4 aromatic rings. The normalized spacial score (nSPS) is 16.1. The lowest BCUT2D eigenvalue weighted by Gasteiger charge is -2.26. The first-order valence-corrected chi connectivity index (χ1v) is 14.3. The Kier molecular flexibility index (Phi) is 9.48. The smallest absolute Gasteiger partial charge is 0.165 e. The second-order valence-electron chi connectivity index (χ2n) is 9.84. The molecular formula is C30H40N6O2S. The maximum absolute atomic E-state index is 13.5. The maximum Gasteiger partial charge on any atom is 0.165 e. The number of anilines is 1. The molecule has 5 heterocycles. The van der Waals surface area contributed by atoms with Gasteiger partial charge in [-0.3, -0.25) is 4.79 Å². The van der Waals surface area contributed by atoms with Crippen molar-refractivity contribution < 1.29 is 9.53 Å². The van der Waals surface area contributed by atoms with E-state index in [2.05, 4.69) is 41.7 Å². The van der Waals surface area contributed by atoms with Gasteiger partial charge in [-0.05, 0) is 62.5 Å². The van der Waals surface area contributed by atoms with Crippen molar-refractivity contribution in [3.8, 4) is 21.8 Å². The van der Waals surface area contributed by atoms with Crippen LogP contribution in [0.2, 0.25) is 0 Å². The average molecular weight is 549 g/mol. The minimum absolute atomic E-state index is 0. The number of ketones is 1. The van der Waals surface area contributed by atoms with Crippen molar-refractivity contribution in [1.29, 1.82) is 0 Å². The highest BCUT2D eigenvalue weighted by molar-refractivity contribution is 7.13. The predicted octanol–water partition coefficient (Wildman–Crippen LogP) is 6.07. The standard InChI is InChI=1S/C29H36N6O2S.CH4/c1-5-33(6-2)20(3)9-10-26(36)21-16-25(31-28(17-21)34-13-11-22(19-34)37-4)23-18-30-35-14-12-24(32-29(23)35)27-8-7-15-38-27;/h7-8,12,14-18,20,22H,5-6,9-11,13,19H2,1-4H3;1H4/t20-,22-;/m0./s1. The molecule has 1 fully saturated rings. The third-order valence-corrected chi connectivity index (χ3v) is 8.47. The first-order valence-electron chi connectivity index (χ1n) is 13.5. The summed E-state index contributed by atoms with van der Waals surface area (Å²) in [4.78, 5) is 29.2. The van der Waals surface area contributed by atoms with Gasteiger partial charge in [-0.1, -0.05) is 27.3 Å². The van der Waals surface area contributed by atoms with E-state index in [1.807, 2.05) is 35.8 Å². The van der Waals surface area contributed by atoms with Crippen molar-refractivity contribution in [3.63, 3.8) is 0 Å². The summed E-state index contributed by atoms with van der Waals surface area (Å²) >= 11 is 1.66. The lowest BCUT2D eigenvalue weighted by Crippen LogP contribution is -2.33. The Morgan fingerprint density at radius 3 is 2.72 bits per heavy atom. The van der Waals surface area contributed by atoms with Gasteiger partial charge in [0.05, 0.1) is 34.1 Å². The van der Waals surface area contributed by atoms with Gasteiger partial charge in [0, 0.05) is 44.4 Å². The first-order chi connectivity index (χ1) is 18.5. The topological polar surface area (TPSA) is 75.9 Å². The molecule has 1 aliphatic heterocycles. The van der Waals surface area contributed by atoms with Crippen LogP contribution < -0.4 is 4.90 Å². The van der Waals surface area contributed by atoms with Gasteiger partial charge in [-0.25, -0.2) is 14.5 Å². The van der Waals surface area contributed by atoms with Crippen LogP contribution in [0.5, 0.6) is 0 Å². The van der Waals surface area contributed by atoms with Crippen LogP contribution in [0.4, 0.5) is 5.82 Å². The molecule has 0 aliphatic carbocycles. The van der Waals surface area contributed by atoms with Gasteiger partial charge in [-0.2, -0.15) is 5.10 Å². The number of ether oxygens (including phenoxy) is 1. The molecular weight excluding hydrogens is 508 g/mol. The highest BCUT2D eigenvalue weighted by Gasteiger charge is 2.25. The SMILES string of the molecule is C.CCN(CC)[C@@H](C)CCC(=O)c1cc(-c2cnn3ccc(-c4cccs4)nc23)nc(N2CC[C@H](OC)C2)c1. The third kappa shape index (κ3) is 6.21. The quantitative estimate of drug-likeness (QED) is 0.210. The van der Waals surface area contributed by atoms with Gasteiger partial charge in [-0.15, -0.1) is 11.3 Å². The second-order valence-corrected chi connectivity index (χ2v) is 10.8. The van der Waals surface area contributed by atoms with Gasteiger partial charge in [0.15, 0.2) is 11.4 Å². The highest BCUT2D eigenvalue weighted by atomic mass is 32.1. The van der Waals surface area contributed by atoms with Crippen molar-refractivity contribution in [2.24, 2.45) is 0 Å². The molecule has 0 N–H and O–H groups in total. The van der Waals surface area contributed by atoms with Crippen LogP contribution in [-0.4, -0.2) is 75.7 Å². The van der Waals surface area contributed by atoms with Crippen molar-refractivity contribution in [3.05, 3.63) is 53.7 Å². The van der Waals surface area contributed by atoms with Crippen LogP contribution in [0.15, 0.2) is 48.1 Å². The van der Waals surface area contributed by atoms with E-state index in [4.69, 9.17) is 14.7 Å². The van der Waals surface area contributed by atoms with Gasteiger partial charge in [0.1, 0.15) is 5.82 Å². The fraction of sp³-hybridized carbons (Fsp3) is 0.467. The van der Waals surface area contributed by atoms with E-state index < -0.39 is 0 Å². The van der Waals surface area contributed by atoms with Crippen molar-refractivity contribution in [1.82, 2.24) is 24.5 Å². The molecule has 1 saturated heterocycles. The fourth-order valence-corrected chi connectivity index (χ4v) is 5.93. The van der Waals surface area contributed by atoms with Crippen LogP contribution in [0.3, 0.4) is 0 Å². The van der Waals surface area contributed by atoms with Crippen molar-refractivity contribution in [2.45, 2.75) is 59.6 Å². The van der Waals surface area contributed by atoms with E-state index >= 15 is 0 Å². The number of hydrogen-bond donors (Lipinski definition) is 0. The summed E-state index contributed by atoms with van der Waals surface area (Å²) in [6.07, 6.45) is 6.15. The Hall–Kier alpha value is -3.14. The molecule has 1 aliphatic rings. The van der Waals surface area contributed by atoms with Gasteiger partial charge in [0.25, 0.3) is 0 Å². The predicted molar refractivity (Wildman–Crippen MR) is 160 cm³/mol. The molecule has 8 nitrogen and oxygen atoms in total. The molecule has 4 aromatic heterocycles. The molecule has 0 spiro atoms. The zero-order valence-corrected chi connectivity index (χ0v) is 23.4. The molecule has 0 aromatic carbocycles. The fourth-order valence-electron chi connectivity index (χ4n) is 5.23. The number of carbonyl (C=O) groups excluding carboxylic acids is 1. The van der Waals surface area contributed by atoms with Gasteiger partial charge < -0.3 is 14.5 Å². The minimum Gasteiger partial charge on any atom is -0.380 e. The van der Waals surface area contributed by atoms with E-state index in [0.717, 1.165) is 66.6 Å². The number of fused-ring (bicyclic) bond motifs is 1. The van der Waals surface area contributed by atoms with Crippen LogP contribution in [0.1, 0.15) is 57.8 Å². The molecule has 39 heavy (non-hydrogen) atoms. The summed E-state index contributed by atoms with van der Waals surface area (Å²) in [6.45, 7) is 10.1. The zero-order valence-electron chi connectivity index (χ0n) is 22.6. The van der Waals surface area contributed by atoms with E-state index in [0.29, 0.717) is 23.7 Å². The zero-order chi connectivity index (χ0) is 26.6. The molecule has 5 rings (SSSR count). The number of rotatable bonds is 11. The lowest BCUT2D eigenvalue weighted by molar-refractivity contribution is 0.0964. The summed E-state index contributed by atoms with van der Waals surface area (Å²) in [5, 5.41) is 6.58. The number of carbonyl (C=O) groups is 1. The molecule has 0 radical (unpaired) electrons. The van der Waals surface area contributed by atoms with E-state index in [-0.39, 0.29) is 19.3 Å². The summed E-state index contributed by atoms with van der Waals surface area (Å²) in [7, 11) is 1.75. The Balaban J connectivity index is 0.00000353. The first kappa shape index (κ1) is 28.9. The minimum atomic E-state index is 0. The summed E-state index contributed by atoms with van der Waals surface area (Å²) < 4.78 is 7.36. The van der Waals surface area contributed by atoms with Gasteiger partial charge >= 0.3 is 0 Å². The second kappa shape index (κ2) is 12.8. The Morgan fingerprint density at radius 1 is 1.21 bits per heavy atom. The number of aromatic nitrogens is 4. The third-order valence-electron chi connectivity index (χ3n) is 7.58. The van der Waals surface area contributed by atoms with E-state index in [9.17, 15) is 4.79 Å². The number of thiophene rings is 1. The van der Waals surface area contributed by atoms with Crippen LogP contribution in [0, 0.1) is 0 Å². The molecule has 0 saturated carbocycles. The maximum atomic E-state index is 13.5. The van der Waals surface area contributed by atoms with Crippen molar-refractivity contribution in [2.75, 3.05) is 38.2 Å². The molecule has 0 bridgehead atoms. The van der Waals surface area contributed by atoms with Gasteiger partial charge in [0.2, 0.25) is 0 Å². The Labute approximate surface area is 235 Å². The molecule has 0 amide bonds. The summed E-state index contributed by atoms with van der Waals surface area (Å²) in [6, 6.07) is 10.3. The number of Topliss-reactive ketones (excluding diaryl/α,β-unsaturated/α-hetero) is 1. The Bertz CT molecular complexity index is 1380. The van der Waals surface area contributed by atoms with Crippen LogP contribution in [-0.2, 0) is 4.74 Å². The average Bonchev–Trinajstić information content (AvgIpc) is 3.72. The molecule has 2 atom stereocenters. The van der Waals surface area contributed by atoms with Crippen LogP contribution in [0.25, 0.3) is 27.5 Å². The van der Waals surface area contributed by atoms with E-state index in [1.54, 1.807) is 29.2 Å². The van der Waals surface area contributed by atoms with Crippen molar-refractivity contribution >= 4 is 28.6 Å². The number of pyridine rings is 1. The summed E-state index contributed by atoms with van der Waals surface area (Å²) in [5.41, 5.74) is 3.85. The summed E-state index contributed by atoms with van der Waals surface area (Å²) in [5.74, 6) is 0.941. The van der Waals surface area contributed by atoms with Crippen LogP contribution >= 0.6 is 11.3 Å². The largest absolute Gasteiger partial charge is 0.380 e. The monoisotopic (exact) mass is 548 g/mol. The van der Waals surface area contributed by atoms with E-state index in [1.165, 1.54) is 0 Å².